The second-order valence-corrected chi connectivity index (χ2v) is 5.93. The number of hydrogen-bond acceptors (Lipinski definition) is 3. The molecule has 0 rings (SSSR count). The highest BCUT2D eigenvalue weighted by molar-refractivity contribution is 5.48. The summed E-state index contributed by atoms with van der Waals surface area (Å²) in [5, 5.41) is 3.16. The Morgan fingerprint density at radius 2 is 1.70 bits per heavy atom. The Balaban J connectivity index is 0. The van der Waals surface area contributed by atoms with E-state index >= 15 is 0 Å². The molecule has 0 aliphatic heterocycles. The van der Waals surface area contributed by atoms with Crippen molar-refractivity contribution in [2.75, 3.05) is 20.2 Å². The van der Waals surface area contributed by atoms with Crippen LogP contribution in [0.3, 0.4) is 0 Å². The largest absolute Gasteiger partial charge is 0.379 e. The maximum atomic E-state index is 9.86. The Kier molecular flexibility index (Phi) is 20.3. The van der Waals surface area contributed by atoms with Crippen molar-refractivity contribution in [1.29, 1.82) is 0 Å². The van der Waals surface area contributed by atoms with Crippen molar-refractivity contribution in [3.8, 4) is 0 Å². The SMILES string of the molecule is CC(C)OCCCCC=O.CNCCCCCC(C)C. The van der Waals surface area contributed by atoms with Crippen LogP contribution in [0, 0.1) is 5.92 Å². The normalized spacial score (nSPS) is 10.6. The molecule has 0 radical (unpaired) electrons. The summed E-state index contributed by atoms with van der Waals surface area (Å²) < 4.78 is 5.27. The van der Waals surface area contributed by atoms with Gasteiger partial charge in [0.1, 0.15) is 6.29 Å². The lowest BCUT2D eigenvalue weighted by atomic mass is 10.1. The number of rotatable bonds is 12. The quantitative estimate of drug-likeness (QED) is 0.432. The maximum Gasteiger partial charge on any atom is 0.119 e. The smallest absolute Gasteiger partial charge is 0.119 e. The van der Waals surface area contributed by atoms with E-state index in [-0.39, 0.29) is 0 Å². The van der Waals surface area contributed by atoms with Gasteiger partial charge in [0.25, 0.3) is 0 Å². The molecule has 0 aliphatic carbocycles. The minimum atomic E-state index is 0.316. The van der Waals surface area contributed by atoms with Crippen molar-refractivity contribution in [2.45, 2.75) is 78.7 Å². The Morgan fingerprint density at radius 3 is 2.20 bits per heavy atom. The van der Waals surface area contributed by atoms with Gasteiger partial charge in [-0.25, -0.2) is 0 Å². The van der Waals surface area contributed by atoms with Crippen LogP contribution in [0.4, 0.5) is 0 Å². The van der Waals surface area contributed by atoms with Crippen LogP contribution in [0.5, 0.6) is 0 Å². The maximum absolute atomic E-state index is 9.86. The van der Waals surface area contributed by atoms with E-state index in [1.54, 1.807) is 0 Å². The van der Waals surface area contributed by atoms with Crippen LogP contribution in [-0.4, -0.2) is 32.6 Å². The van der Waals surface area contributed by atoms with Gasteiger partial charge >= 0.3 is 0 Å². The third-order valence-electron chi connectivity index (χ3n) is 2.88. The van der Waals surface area contributed by atoms with Gasteiger partial charge in [0.2, 0.25) is 0 Å². The van der Waals surface area contributed by atoms with Crippen LogP contribution in [0.15, 0.2) is 0 Å². The summed E-state index contributed by atoms with van der Waals surface area (Å²) in [6.45, 7) is 10.6. The Morgan fingerprint density at radius 1 is 1.00 bits per heavy atom. The Labute approximate surface area is 126 Å². The van der Waals surface area contributed by atoms with E-state index in [0.717, 1.165) is 31.7 Å². The standard InChI is InChI=1S/C9H21N.C8H16O2/c1-9(2)7-5-4-6-8-10-3;1-8(2)10-7-5-3-4-6-9/h9-10H,4-8H2,1-3H3;6,8H,3-5,7H2,1-2H3. The molecule has 0 aromatic carbocycles. The second kappa shape index (κ2) is 18.6. The molecule has 0 saturated heterocycles. The van der Waals surface area contributed by atoms with Crippen LogP contribution in [0.1, 0.15) is 72.6 Å². The van der Waals surface area contributed by atoms with Gasteiger partial charge in [-0.05, 0) is 52.6 Å². The highest BCUT2D eigenvalue weighted by atomic mass is 16.5. The van der Waals surface area contributed by atoms with Crippen molar-refractivity contribution >= 4 is 6.29 Å². The third-order valence-corrected chi connectivity index (χ3v) is 2.88. The highest BCUT2D eigenvalue weighted by Gasteiger charge is 1.93. The Hall–Kier alpha value is -0.410. The van der Waals surface area contributed by atoms with E-state index < -0.39 is 0 Å². The fourth-order valence-corrected chi connectivity index (χ4v) is 1.68. The summed E-state index contributed by atoms with van der Waals surface area (Å²) in [4.78, 5) is 9.86. The van der Waals surface area contributed by atoms with Crippen LogP contribution >= 0.6 is 0 Å². The topological polar surface area (TPSA) is 38.3 Å². The molecule has 0 atom stereocenters. The zero-order valence-electron chi connectivity index (χ0n) is 14.4. The molecule has 0 spiro atoms. The first-order valence-corrected chi connectivity index (χ1v) is 8.24. The van der Waals surface area contributed by atoms with Gasteiger partial charge in [-0.3, -0.25) is 0 Å². The van der Waals surface area contributed by atoms with Crippen molar-refractivity contribution in [1.82, 2.24) is 5.32 Å². The van der Waals surface area contributed by atoms with Crippen molar-refractivity contribution < 1.29 is 9.53 Å². The van der Waals surface area contributed by atoms with Crippen LogP contribution in [-0.2, 0) is 9.53 Å². The van der Waals surface area contributed by atoms with Gasteiger partial charge in [0.05, 0.1) is 6.10 Å². The highest BCUT2D eigenvalue weighted by Crippen LogP contribution is 2.07. The molecule has 0 saturated carbocycles. The van der Waals surface area contributed by atoms with E-state index in [1.807, 2.05) is 20.9 Å². The van der Waals surface area contributed by atoms with E-state index in [9.17, 15) is 4.79 Å². The predicted molar refractivity (Wildman–Crippen MR) is 88.2 cm³/mol. The number of carbonyl (C=O) groups is 1. The molecule has 0 aliphatic rings. The molecule has 0 aromatic heterocycles. The van der Waals surface area contributed by atoms with E-state index in [4.69, 9.17) is 4.74 Å². The second-order valence-electron chi connectivity index (χ2n) is 5.93. The first-order valence-electron chi connectivity index (χ1n) is 8.24. The average Bonchev–Trinajstić information content (AvgIpc) is 2.38. The number of ether oxygens (including phenoxy) is 1. The van der Waals surface area contributed by atoms with E-state index in [1.165, 1.54) is 32.2 Å². The lowest BCUT2D eigenvalue weighted by molar-refractivity contribution is -0.108. The van der Waals surface area contributed by atoms with Gasteiger partial charge in [0.15, 0.2) is 0 Å². The monoisotopic (exact) mass is 287 g/mol. The summed E-state index contributed by atoms with van der Waals surface area (Å²) >= 11 is 0. The van der Waals surface area contributed by atoms with Gasteiger partial charge < -0.3 is 14.8 Å². The molecule has 1 N–H and O–H groups in total. The summed E-state index contributed by atoms with van der Waals surface area (Å²) in [6, 6.07) is 0. The fraction of sp³-hybridized carbons (Fsp3) is 0.941. The molecule has 0 fully saturated rings. The van der Waals surface area contributed by atoms with Crippen LogP contribution < -0.4 is 5.32 Å². The van der Waals surface area contributed by atoms with Crippen molar-refractivity contribution in [2.24, 2.45) is 5.92 Å². The number of nitrogens with one attached hydrogen (secondary N) is 1. The summed E-state index contributed by atoms with van der Waals surface area (Å²) in [5.74, 6) is 0.884. The minimum Gasteiger partial charge on any atom is -0.379 e. The number of carbonyl (C=O) groups excluding carboxylic acids is 1. The molecule has 0 unspecified atom stereocenters. The minimum absolute atomic E-state index is 0.316. The number of aldehydes is 1. The molecule has 0 heterocycles. The van der Waals surface area contributed by atoms with Crippen LogP contribution in [0.2, 0.25) is 0 Å². The first kappa shape index (κ1) is 21.9. The Bertz CT molecular complexity index is 182. The van der Waals surface area contributed by atoms with Crippen molar-refractivity contribution in [3.05, 3.63) is 0 Å². The molecule has 0 amide bonds. The first-order chi connectivity index (χ1) is 9.54. The fourth-order valence-electron chi connectivity index (χ4n) is 1.68. The molecule has 122 valence electrons. The number of hydrogen-bond donors (Lipinski definition) is 1. The summed E-state index contributed by atoms with van der Waals surface area (Å²) in [5.41, 5.74) is 0. The van der Waals surface area contributed by atoms with Gasteiger partial charge in [0, 0.05) is 13.0 Å². The summed E-state index contributed by atoms with van der Waals surface area (Å²) in [6.07, 6.45) is 9.41. The molecule has 0 bridgehead atoms. The zero-order valence-corrected chi connectivity index (χ0v) is 14.4. The average molecular weight is 287 g/mol. The summed E-state index contributed by atoms with van der Waals surface area (Å²) in [7, 11) is 2.02. The molecule has 20 heavy (non-hydrogen) atoms. The predicted octanol–water partition coefficient (Wildman–Crippen LogP) is 4.20. The van der Waals surface area contributed by atoms with Crippen LogP contribution in [0.25, 0.3) is 0 Å². The zero-order chi connectivity index (χ0) is 15.6. The number of unbranched alkanes of at least 4 members (excludes halogenated alkanes) is 4. The van der Waals surface area contributed by atoms with E-state index in [2.05, 4.69) is 19.2 Å². The third kappa shape index (κ3) is 26.2. The van der Waals surface area contributed by atoms with Gasteiger partial charge in [-0.1, -0.05) is 33.1 Å². The van der Waals surface area contributed by atoms with Gasteiger partial charge in [-0.2, -0.15) is 0 Å². The molecular weight excluding hydrogens is 250 g/mol. The van der Waals surface area contributed by atoms with Gasteiger partial charge in [-0.15, -0.1) is 0 Å². The molecule has 0 aromatic rings. The molecular formula is C17H37NO2. The van der Waals surface area contributed by atoms with Crippen molar-refractivity contribution in [3.63, 3.8) is 0 Å². The lowest BCUT2D eigenvalue weighted by Gasteiger charge is -2.05. The lowest BCUT2D eigenvalue weighted by Crippen LogP contribution is -2.07. The molecule has 3 nitrogen and oxygen atoms in total. The van der Waals surface area contributed by atoms with E-state index in [0.29, 0.717) is 12.5 Å². The molecule has 3 heteroatoms.